The number of hydrogen-bond donors (Lipinski definition) is 1. The Labute approximate surface area is 161 Å². The average Bonchev–Trinajstić information content (AvgIpc) is 2.68. The van der Waals surface area contributed by atoms with Gasteiger partial charge in [-0.1, -0.05) is 24.3 Å². The Morgan fingerprint density at radius 2 is 1.77 bits per heavy atom. The molecule has 1 aromatic carbocycles. The molecule has 4 rings (SSSR count). The number of thioether (sulfide) groups is 1. The Kier molecular flexibility index (Phi) is 5.87. The lowest BCUT2D eigenvalue weighted by Crippen LogP contribution is -2.54. The number of fused-ring (bicyclic) bond motifs is 1. The molecule has 142 valence electrons. The molecule has 0 saturated carbocycles. The van der Waals surface area contributed by atoms with Crippen molar-refractivity contribution in [2.24, 2.45) is 0 Å². The number of carbonyl (C=O) groups excluding carboxylic acids is 1. The van der Waals surface area contributed by atoms with Crippen LogP contribution in [0.5, 0.6) is 0 Å². The molecule has 3 heterocycles. The van der Waals surface area contributed by atoms with E-state index in [2.05, 4.69) is 58.2 Å². The smallest absolute Gasteiger partial charge is 0.237 e. The summed E-state index contributed by atoms with van der Waals surface area (Å²) < 4.78 is 0. The number of likely N-dealkylation sites (tertiary alicyclic amines) is 1. The van der Waals surface area contributed by atoms with Crippen molar-refractivity contribution in [3.05, 3.63) is 35.4 Å². The SMILES string of the molecule is CN1Cc2ccccc2C[C@@H]1C(=O)NC1CCN(C2CCSCC2)CC1. The maximum atomic E-state index is 12.9. The van der Waals surface area contributed by atoms with Crippen molar-refractivity contribution in [1.29, 1.82) is 0 Å². The number of hydrogen-bond acceptors (Lipinski definition) is 4. The van der Waals surface area contributed by atoms with Crippen LogP contribution in [-0.2, 0) is 17.8 Å². The Morgan fingerprint density at radius 3 is 2.50 bits per heavy atom. The quantitative estimate of drug-likeness (QED) is 0.883. The normalized spacial score (nSPS) is 26.4. The van der Waals surface area contributed by atoms with Crippen LogP contribution in [0, 0.1) is 0 Å². The van der Waals surface area contributed by atoms with Crippen molar-refractivity contribution >= 4 is 17.7 Å². The molecule has 3 aliphatic heterocycles. The molecule has 0 aliphatic carbocycles. The molecule has 0 bridgehead atoms. The van der Waals surface area contributed by atoms with E-state index in [1.807, 2.05) is 0 Å². The summed E-state index contributed by atoms with van der Waals surface area (Å²) in [5, 5.41) is 3.36. The first kappa shape index (κ1) is 18.3. The number of nitrogens with zero attached hydrogens (tertiary/aromatic N) is 2. The highest BCUT2D eigenvalue weighted by Gasteiger charge is 2.32. The molecule has 2 saturated heterocycles. The topological polar surface area (TPSA) is 35.6 Å². The number of piperidine rings is 1. The Bertz CT molecular complexity index is 623. The zero-order valence-electron chi connectivity index (χ0n) is 15.8. The highest BCUT2D eigenvalue weighted by molar-refractivity contribution is 7.99. The van der Waals surface area contributed by atoms with Crippen LogP contribution in [0.3, 0.4) is 0 Å². The van der Waals surface area contributed by atoms with Gasteiger partial charge in [0.2, 0.25) is 5.91 Å². The van der Waals surface area contributed by atoms with Gasteiger partial charge in [-0.3, -0.25) is 9.69 Å². The molecule has 2 fully saturated rings. The zero-order chi connectivity index (χ0) is 17.9. The van der Waals surface area contributed by atoms with Crippen molar-refractivity contribution in [3.63, 3.8) is 0 Å². The first-order valence-electron chi connectivity index (χ1n) is 10.1. The van der Waals surface area contributed by atoms with Gasteiger partial charge in [0.1, 0.15) is 0 Å². The van der Waals surface area contributed by atoms with Gasteiger partial charge in [0.15, 0.2) is 0 Å². The Balaban J connectivity index is 1.29. The van der Waals surface area contributed by atoms with Crippen LogP contribution in [-0.4, -0.2) is 65.5 Å². The molecule has 5 heteroatoms. The summed E-state index contributed by atoms with van der Waals surface area (Å²) in [6.45, 7) is 3.15. The van der Waals surface area contributed by atoms with E-state index in [0.29, 0.717) is 6.04 Å². The summed E-state index contributed by atoms with van der Waals surface area (Å²) in [5.41, 5.74) is 2.69. The molecule has 3 aliphatic rings. The van der Waals surface area contributed by atoms with E-state index in [1.54, 1.807) is 0 Å². The van der Waals surface area contributed by atoms with Gasteiger partial charge in [-0.2, -0.15) is 11.8 Å². The minimum atomic E-state index is -0.0294. The zero-order valence-corrected chi connectivity index (χ0v) is 16.6. The van der Waals surface area contributed by atoms with E-state index < -0.39 is 0 Å². The third kappa shape index (κ3) is 4.10. The lowest BCUT2D eigenvalue weighted by atomic mass is 9.93. The lowest BCUT2D eigenvalue weighted by molar-refractivity contribution is -0.127. The molecule has 4 nitrogen and oxygen atoms in total. The van der Waals surface area contributed by atoms with Gasteiger partial charge in [0, 0.05) is 31.7 Å². The largest absolute Gasteiger partial charge is 0.352 e. The number of nitrogens with one attached hydrogen (secondary N) is 1. The van der Waals surface area contributed by atoms with E-state index >= 15 is 0 Å². The summed E-state index contributed by atoms with van der Waals surface area (Å²) in [5.74, 6) is 2.85. The highest BCUT2D eigenvalue weighted by atomic mass is 32.2. The minimum absolute atomic E-state index is 0.0294. The van der Waals surface area contributed by atoms with Gasteiger partial charge < -0.3 is 10.2 Å². The second-order valence-electron chi connectivity index (χ2n) is 8.07. The number of carbonyl (C=O) groups is 1. The monoisotopic (exact) mass is 373 g/mol. The Morgan fingerprint density at radius 1 is 1.08 bits per heavy atom. The fraction of sp³-hybridized carbons (Fsp3) is 0.667. The summed E-state index contributed by atoms with van der Waals surface area (Å²) in [6.07, 6.45) is 5.71. The molecule has 1 aromatic rings. The van der Waals surface area contributed by atoms with Gasteiger partial charge >= 0.3 is 0 Å². The van der Waals surface area contributed by atoms with Crippen molar-refractivity contribution in [2.75, 3.05) is 31.6 Å². The third-order valence-electron chi connectivity index (χ3n) is 6.37. The minimum Gasteiger partial charge on any atom is -0.352 e. The summed E-state index contributed by atoms with van der Waals surface area (Å²) >= 11 is 2.09. The molecule has 1 atom stereocenters. The van der Waals surface area contributed by atoms with Crippen molar-refractivity contribution in [2.45, 2.75) is 56.8 Å². The van der Waals surface area contributed by atoms with E-state index in [0.717, 1.165) is 44.9 Å². The van der Waals surface area contributed by atoms with Crippen LogP contribution in [0.4, 0.5) is 0 Å². The lowest BCUT2D eigenvalue weighted by Gasteiger charge is -2.40. The van der Waals surface area contributed by atoms with Gasteiger partial charge in [-0.15, -0.1) is 0 Å². The van der Waals surface area contributed by atoms with E-state index in [4.69, 9.17) is 0 Å². The third-order valence-corrected chi connectivity index (χ3v) is 7.42. The average molecular weight is 374 g/mol. The molecule has 26 heavy (non-hydrogen) atoms. The van der Waals surface area contributed by atoms with Gasteiger partial charge in [0.05, 0.1) is 6.04 Å². The van der Waals surface area contributed by atoms with Gasteiger partial charge in [0.25, 0.3) is 0 Å². The predicted molar refractivity (Wildman–Crippen MR) is 108 cm³/mol. The number of amides is 1. The second kappa shape index (κ2) is 8.32. The van der Waals surface area contributed by atoms with E-state index in [-0.39, 0.29) is 11.9 Å². The van der Waals surface area contributed by atoms with Crippen LogP contribution in [0.25, 0.3) is 0 Å². The molecule has 1 N–H and O–H groups in total. The number of likely N-dealkylation sites (N-methyl/N-ethyl adjacent to an activating group) is 1. The number of rotatable bonds is 3. The first-order chi connectivity index (χ1) is 12.7. The summed E-state index contributed by atoms with van der Waals surface area (Å²) in [6, 6.07) is 9.63. The van der Waals surface area contributed by atoms with Gasteiger partial charge in [-0.05, 0) is 61.8 Å². The van der Waals surface area contributed by atoms with Crippen molar-refractivity contribution < 1.29 is 4.79 Å². The fourth-order valence-electron chi connectivity index (χ4n) is 4.70. The Hall–Kier alpha value is -1.04. The maximum Gasteiger partial charge on any atom is 0.237 e. The van der Waals surface area contributed by atoms with E-state index in [9.17, 15) is 4.79 Å². The fourth-order valence-corrected chi connectivity index (χ4v) is 5.78. The number of benzene rings is 1. The summed E-state index contributed by atoms with van der Waals surface area (Å²) in [4.78, 5) is 17.8. The van der Waals surface area contributed by atoms with Crippen LogP contribution in [0.2, 0.25) is 0 Å². The van der Waals surface area contributed by atoms with Crippen LogP contribution >= 0.6 is 11.8 Å². The van der Waals surface area contributed by atoms with Crippen LogP contribution in [0.15, 0.2) is 24.3 Å². The van der Waals surface area contributed by atoms with E-state index in [1.165, 1.54) is 35.5 Å². The molecule has 0 spiro atoms. The molecule has 0 unspecified atom stereocenters. The van der Waals surface area contributed by atoms with Crippen molar-refractivity contribution in [3.8, 4) is 0 Å². The molecular weight excluding hydrogens is 342 g/mol. The molecular formula is C21H31N3OS. The highest BCUT2D eigenvalue weighted by Crippen LogP contribution is 2.25. The molecule has 0 aromatic heterocycles. The maximum absolute atomic E-state index is 12.9. The van der Waals surface area contributed by atoms with Gasteiger partial charge in [-0.25, -0.2) is 0 Å². The molecule has 0 radical (unpaired) electrons. The predicted octanol–water partition coefficient (Wildman–Crippen LogP) is 2.52. The first-order valence-corrected chi connectivity index (χ1v) is 11.3. The second-order valence-corrected chi connectivity index (χ2v) is 9.29. The van der Waals surface area contributed by atoms with Crippen LogP contribution in [0.1, 0.15) is 36.8 Å². The van der Waals surface area contributed by atoms with Crippen LogP contribution < -0.4 is 5.32 Å². The van der Waals surface area contributed by atoms with Crippen molar-refractivity contribution in [1.82, 2.24) is 15.1 Å². The standard InChI is InChI=1S/C21H31N3OS/c1-23-15-17-5-3-2-4-16(17)14-20(23)21(25)22-18-6-10-24(11-7-18)19-8-12-26-13-9-19/h2-5,18-20H,6-15H2,1H3,(H,22,25)/t20-/m1/s1. The summed E-state index contributed by atoms with van der Waals surface area (Å²) in [7, 11) is 2.07. The molecule has 1 amide bonds.